The van der Waals surface area contributed by atoms with Crippen LogP contribution in [0.2, 0.25) is 0 Å². The van der Waals surface area contributed by atoms with Crippen LogP contribution in [0.1, 0.15) is 70.8 Å². The third-order valence-electron chi connectivity index (χ3n) is 9.78. The van der Waals surface area contributed by atoms with Gasteiger partial charge in [-0.25, -0.2) is 14.4 Å². The number of halogens is 4. The number of carbonyl (C=O) groups is 1. The number of allylic oxidation sites excluding steroid dienone is 1. The number of hydrogen-bond acceptors (Lipinski definition) is 4. The van der Waals surface area contributed by atoms with Crippen LogP contribution in [0, 0.1) is 17.3 Å². The molecule has 5 nitrogen and oxygen atoms in total. The van der Waals surface area contributed by atoms with Gasteiger partial charge < -0.3 is 9.80 Å². The van der Waals surface area contributed by atoms with E-state index in [2.05, 4.69) is 28.7 Å². The monoisotopic (exact) mass is 534 g/mol. The molecule has 0 aromatic carbocycles. The summed E-state index contributed by atoms with van der Waals surface area (Å²) in [5.41, 5.74) is 0.579. The van der Waals surface area contributed by atoms with E-state index in [1.54, 1.807) is 11.2 Å². The number of nitrogens with zero attached hydrogens (tertiary/aromatic N) is 4. The number of alkyl halides is 4. The first-order valence-corrected chi connectivity index (χ1v) is 13.9. The van der Waals surface area contributed by atoms with E-state index in [0.717, 1.165) is 51.3 Å². The van der Waals surface area contributed by atoms with Gasteiger partial charge in [0.15, 0.2) is 0 Å². The minimum absolute atomic E-state index is 0.0221. The molecule has 1 saturated carbocycles. The molecule has 208 valence electrons. The highest BCUT2D eigenvalue weighted by Gasteiger charge is 2.52. The second-order valence-corrected chi connectivity index (χ2v) is 12.0. The minimum Gasteiger partial charge on any atom is -0.338 e. The molecule has 5 rings (SSSR count). The van der Waals surface area contributed by atoms with Crippen LogP contribution in [0.3, 0.4) is 0 Å². The van der Waals surface area contributed by atoms with Gasteiger partial charge in [0, 0.05) is 43.0 Å². The molecule has 1 saturated heterocycles. The molecule has 4 atom stereocenters. The summed E-state index contributed by atoms with van der Waals surface area (Å²) in [6.45, 7) is 7.82. The summed E-state index contributed by atoms with van der Waals surface area (Å²) in [7, 11) is 0. The Kier molecular flexibility index (Phi) is 7.44. The highest BCUT2D eigenvalue weighted by Crippen LogP contribution is 2.49. The van der Waals surface area contributed by atoms with Crippen molar-refractivity contribution >= 4 is 5.91 Å². The Morgan fingerprint density at radius 3 is 2.42 bits per heavy atom. The molecule has 4 unspecified atom stereocenters. The summed E-state index contributed by atoms with van der Waals surface area (Å²) in [4.78, 5) is 26.6. The van der Waals surface area contributed by atoms with Gasteiger partial charge in [0.1, 0.15) is 12.5 Å². The standard InChI is InChI=1S/C29H38F4N4O/c1-18(2)28(8-4-23(13-28)36-9-5-20(6-10-36)22-14-34-17-35-15-22)27(38)37-11-7-24-21(16-37)12-25(29(31,32)33)19(3)26(24)30/h12,14-15,17-20,23,26H,4-11,13,16H2,1-3H3. The van der Waals surface area contributed by atoms with Crippen molar-refractivity contribution < 1.29 is 22.4 Å². The summed E-state index contributed by atoms with van der Waals surface area (Å²) in [6, 6.07) is 0.316. The van der Waals surface area contributed by atoms with Crippen molar-refractivity contribution in [3.05, 3.63) is 47.1 Å². The van der Waals surface area contributed by atoms with E-state index in [9.17, 15) is 18.0 Å². The summed E-state index contributed by atoms with van der Waals surface area (Å²) in [5.74, 6) is -0.634. The van der Waals surface area contributed by atoms with Crippen LogP contribution < -0.4 is 0 Å². The molecule has 38 heavy (non-hydrogen) atoms. The molecular weight excluding hydrogens is 496 g/mol. The van der Waals surface area contributed by atoms with E-state index in [1.807, 2.05) is 12.4 Å². The molecule has 4 aliphatic rings. The van der Waals surface area contributed by atoms with Crippen molar-refractivity contribution in [1.82, 2.24) is 19.8 Å². The second kappa shape index (κ2) is 10.4. The lowest BCUT2D eigenvalue weighted by molar-refractivity contribution is -0.145. The maximum atomic E-state index is 15.0. The quantitative estimate of drug-likeness (QED) is 0.455. The van der Waals surface area contributed by atoms with Crippen LogP contribution in [0.25, 0.3) is 0 Å². The summed E-state index contributed by atoms with van der Waals surface area (Å²) in [6.07, 6.45) is 5.07. The lowest BCUT2D eigenvalue weighted by Gasteiger charge is -2.42. The Labute approximate surface area is 222 Å². The minimum atomic E-state index is -4.58. The SMILES string of the molecule is CC1C(C(F)(F)F)=CC2=C(CCN(C(=O)C3(C(C)C)CCC(N4CCC(c5cncnc5)CC4)C3)C2)C1F. The number of amides is 1. The lowest BCUT2D eigenvalue weighted by atomic mass is 9.73. The third-order valence-corrected chi connectivity index (χ3v) is 9.78. The maximum Gasteiger partial charge on any atom is 0.413 e. The molecule has 0 N–H and O–H groups in total. The van der Waals surface area contributed by atoms with Crippen molar-refractivity contribution in [3.8, 4) is 0 Å². The smallest absolute Gasteiger partial charge is 0.338 e. The number of likely N-dealkylation sites (tertiary alicyclic amines) is 1. The van der Waals surface area contributed by atoms with Gasteiger partial charge in [-0.1, -0.05) is 20.8 Å². The first-order valence-electron chi connectivity index (χ1n) is 13.9. The average molecular weight is 535 g/mol. The predicted molar refractivity (Wildman–Crippen MR) is 137 cm³/mol. The van der Waals surface area contributed by atoms with Crippen molar-refractivity contribution in [2.24, 2.45) is 17.3 Å². The average Bonchev–Trinajstić information content (AvgIpc) is 3.37. The maximum absolute atomic E-state index is 15.0. The molecule has 2 fully saturated rings. The normalized spacial score (nSPS) is 31.5. The molecule has 0 bridgehead atoms. The summed E-state index contributed by atoms with van der Waals surface area (Å²) in [5, 5.41) is 0. The van der Waals surface area contributed by atoms with E-state index in [-0.39, 0.29) is 18.4 Å². The zero-order valence-corrected chi connectivity index (χ0v) is 22.5. The Morgan fingerprint density at radius 2 is 1.79 bits per heavy atom. The van der Waals surface area contributed by atoms with E-state index in [4.69, 9.17) is 0 Å². The van der Waals surface area contributed by atoms with Crippen LogP contribution in [0.15, 0.2) is 41.5 Å². The molecular formula is C29H38F4N4O. The highest BCUT2D eigenvalue weighted by atomic mass is 19.4. The molecule has 3 heterocycles. The topological polar surface area (TPSA) is 49.3 Å². The molecule has 1 aromatic heterocycles. The fraction of sp³-hybridized carbons (Fsp3) is 0.690. The predicted octanol–water partition coefficient (Wildman–Crippen LogP) is 5.86. The van der Waals surface area contributed by atoms with E-state index in [0.29, 0.717) is 36.1 Å². The molecule has 9 heteroatoms. The molecule has 1 aromatic rings. The molecule has 0 radical (unpaired) electrons. The van der Waals surface area contributed by atoms with Gasteiger partial charge in [-0.15, -0.1) is 0 Å². The van der Waals surface area contributed by atoms with Gasteiger partial charge in [-0.05, 0) is 86.2 Å². The van der Waals surface area contributed by atoms with Crippen molar-refractivity contribution in [1.29, 1.82) is 0 Å². The highest BCUT2D eigenvalue weighted by molar-refractivity contribution is 5.84. The van der Waals surface area contributed by atoms with Crippen LogP contribution in [0.4, 0.5) is 17.6 Å². The van der Waals surface area contributed by atoms with Gasteiger partial charge in [0.25, 0.3) is 0 Å². The van der Waals surface area contributed by atoms with Crippen LogP contribution >= 0.6 is 0 Å². The Balaban J connectivity index is 1.28. The van der Waals surface area contributed by atoms with Gasteiger partial charge in [-0.3, -0.25) is 4.79 Å². The van der Waals surface area contributed by atoms with E-state index >= 15 is 4.39 Å². The Hall–Kier alpha value is -2.29. The van der Waals surface area contributed by atoms with Gasteiger partial charge in [0.2, 0.25) is 5.91 Å². The van der Waals surface area contributed by atoms with Crippen LogP contribution in [0.5, 0.6) is 0 Å². The second-order valence-electron chi connectivity index (χ2n) is 12.0. The first-order chi connectivity index (χ1) is 18.0. The van der Waals surface area contributed by atoms with Crippen molar-refractivity contribution in [2.45, 2.75) is 83.6 Å². The fourth-order valence-electron chi connectivity index (χ4n) is 7.31. The number of hydrogen-bond donors (Lipinski definition) is 0. The molecule has 2 aliphatic heterocycles. The summed E-state index contributed by atoms with van der Waals surface area (Å²) < 4.78 is 55.8. The first kappa shape index (κ1) is 27.3. The third kappa shape index (κ3) is 4.91. The number of carbonyl (C=O) groups excluding carboxylic acids is 1. The van der Waals surface area contributed by atoms with Crippen molar-refractivity contribution in [2.75, 3.05) is 26.2 Å². The van der Waals surface area contributed by atoms with Gasteiger partial charge in [-0.2, -0.15) is 13.2 Å². The van der Waals surface area contributed by atoms with E-state index < -0.39 is 29.3 Å². The van der Waals surface area contributed by atoms with Crippen LogP contribution in [-0.4, -0.2) is 70.2 Å². The van der Waals surface area contributed by atoms with Gasteiger partial charge >= 0.3 is 6.18 Å². The molecule has 0 spiro atoms. The Morgan fingerprint density at radius 1 is 1.11 bits per heavy atom. The summed E-state index contributed by atoms with van der Waals surface area (Å²) >= 11 is 0. The zero-order valence-electron chi connectivity index (χ0n) is 22.5. The van der Waals surface area contributed by atoms with E-state index in [1.165, 1.54) is 12.5 Å². The lowest BCUT2D eigenvalue weighted by Crippen LogP contribution is -2.50. The molecule has 2 aliphatic carbocycles. The van der Waals surface area contributed by atoms with Gasteiger partial charge in [0.05, 0.1) is 5.41 Å². The zero-order chi connectivity index (χ0) is 27.2. The fourth-order valence-corrected chi connectivity index (χ4v) is 7.31. The van der Waals surface area contributed by atoms with Crippen LogP contribution in [-0.2, 0) is 4.79 Å². The van der Waals surface area contributed by atoms with Crippen molar-refractivity contribution in [3.63, 3.8) is 0 Å². The number of piperidine rings is 1. The number of rotatable bonds is 4. The Bertz CT molecular complexity index is 1090. The number of aromatic nitrogens is 2. The molecule has 1 amide bonds. The largest absolute Gasteiger partial charge is 0.413 e.